The first kappa shape index (κ1) is 14.0. The summed E-state index contributed by atoms with van der Waals surface area (Å²) in [4.78, 5) is 16.9. The SMILES string of the molecule is CN(CC(=O)C1CCCCC1)CC1CCCN1C. The van der Waals surface area contributed by atoms with E-state index in [0.717, 1.165) is 19.4 Å². The molecule has 1 unspecified atom stereocenters. The van der Waals surface area contributed by atoms with Gasteiger partial charge in [-0.05, 0) is 46.3 Å². The highest BCUT2D eigenvalue weighted by Crippen LogP contribution is 2.24. The van der Waals surface area contributed by atoms with Crippen molar-refractivity contribution in [1.82, 2.24) is 9.80 Å². The van der Waals surface area contributed by atoms with Crippen molar-refractivity contribution in [3.63, 3.8) is 0 Å². The van der Waals surface area contributed by atoms with Crippen LogP contribution in [0.1, 0.15) is 44.9 Å². The predicted molar refractivity (Wildman–Crippen MR) is 74.7 cm³/mol. The van der Waals surface area contributed by atoms with Crippen molar-refractivity contribution in [2.45, 2.75) is 51.0 Å². The molecule has 1 aliphatic carbocycles. The van der Waals surface area contributed by atoms with E-state index in [9.17, 15) is 4.79 Å². The second-order valence-corrected chi connectivity index (χ2v) is 6.27. The van der Waals surface area contributed by atoms with Crippen molar-refractivity contribution in [3.8, 4) is 0 Å². The molecule has 1 saturated carbocycles. The average molecular weight is 252 g/mol. The van der Waals surface area contributed by atoms with E-state index in [4.69, 9.17) is 0 Å². The number of hydrogen-bond acceptors (Lipinski definition) is 3. The molecule has 2 fully saturated rings. The molecule has 1 heterocycles. The number of nitrogens with zero attached hydrogens (tertiary/aromatic N) is 2. The van der Waals surface area contributed by atoms with Crippen LogP contribution in [0.25, 0.3) is 0 Å². The molecule has 2 rings (SSSR count). The van der Waals surface area contributed by atoms with E-state index in [-0.39, 0.29) is 0 Å². The van der Waals surface area contributed by atoms with Gasteiger partial charge in [0, 0.05) is 18.5 Å². The van der Waals surface area contributed by atoms with Gasteiger partial charge in [-0.3, -0.25) is 9.69 Å². The molecule has 104 valence electrons. The van der Waals surface area contributed by atoms with E-state index in [1.807, 2.05) is 0 Å². The Labute approximate surface area is 112 Å². The summed E-state index contributed by atoms with van der Waals surface area (Å²) in [6.07, 6.45) is 8.71. The summed E-state index contributed by atoms with van der Waals surface area (Å²) in [5.74, 6) is 0.848. The summed E-state index contributed by atoms with van der Waals surface area (Å²) < 4.78 is 0. The van der Waals surface area contributed by atoms with E-state index >= 15 is 0 Å². The number of rotatable bonds is 5. The predicted octanol–water partition coefficient (Wildman–Crippen LogP) is 2.16. The fraction of sp³-hybridized carbons (Fsp3) is 0.933. The Balaban J connectivity index is 1.72. The Hall–Kier alpha value is -0.410. The molecule has 0 radical (unpaired) electrons. The third-order valence-electron chi connectivity index (χ3n) is 4.68. The van der Waals surface area contributed by atoms with Gasteiger partial charge in [0.25, 0.3) is 0 Å². The van der Waals surface area contributed by atoms with Gasteiger partial charge in [-0.15, -0.1) is 0 Å². The fourth-order valence-corrected chi connectivity index (χ4v) is 3.45. The normalized spacial score (nSPS) is 26.9. The maximum atomic E-state index is 12.2. The highest BCUT2D eigenvalue weighted by Gasteiger charge is 2.25. The molecule has 18 heavy (non-hydrogen) atoms. The lowest BCUT2D eigenvalue weighted by Crippen LogP contribution is -2.40. The molecule has 0 spiro atoms. The van der Waals surface area contributed by atoms with E-state index < -0.39 is 0 Å². The monoisotopic (exact) mass is 252 g/mol. The quantitative estimate of drug-likeness (QED) is 0.749. The number of carbonyl (C=O) groups excluding carboxylic acids is 1. The van der Waals surface area contributed by atoms with Crippen LogP contribution in [0, 0.1) is 5.92 Å². The molecule has 0 aromatic rings. The maximum Gasteiger partial charge on any atom is 0.149 e. The van der Waals surface area contributed by atoms with Crippen LogP contribution in [0.5, 0.6) is 0 Å². The van der Waals surface area contributed by atoms with Gasteiger partial charge < -0.3 is 4.90 Å². The lowest BCUT2D eigenvalue weighted by atomic mass is 9.86. The molecule has 3 heteroatoms. The number of carbonyl (C=O) groups is 1. The van der Waals surface area contributed by atoms with Gasteiger partial charge in [0.1, 0.15) is 5.78 Å². The van der Waals surface area contributed by atoms with E-state index in [2.05, 4.69) is 23.9 Å². The molecule has 1 saturated heterocycles. The van der Waals surface area contributed by atoms with Crippen LogP contribution in [0.3, 0.4) is 0 Å². The Morgan fingerprint density at radius 1 is 1.17 bits per heavy atom. The average Bonchev–Trinajstić information content (AvgIpc) is 2.76. The van der Waals surface area contributed by atoms with Crippen LogP contribution in [0.15, 0.2) is 0 Å². The zero-order valence-corrected chi connectivity index (χ0v) is 12.0. The number of likely N-dealkylation sites (tertiary alicyclic amines) is 1. The van der Waals surface area contributed by atoms with Crippen LogP contribution >= 0.6 is 0 Å². The summed E-state index contributed by atoms with van der Waals surface area (Å²) in [6.45, 7) is 2.93. The Kier molecular flexibility index (Phi) is 5.19. The van der Waals surface area contributed by atoms with Crippen molar-refractivity contribution < 1.29 is 4.79 Å². The van der Waals surface area contributed by atoms with Crippen LogP contribution < -0.4 is 0 Å². The number of ketones is 1. The van der Waals surface area contributed by atoms with Gasteiger partial charge in [0.05, 0.1) is 6.54 Å². The third kappa shape index (κ3) is 3.79. The van der Waals surface area contributed by atoms with Gasteiger partial charge >= 0.3 is 0 Å². The van der Waals surface area contributed by atoms with Gasteiger partial charge in [0.2, 0.25) is 0 Å². The maximum absolute atomic E-state index is 12.2. The summed E-state index contributed by atoms with van der Waals surface area (Å²) in [5.41, 5.74) is 0. The standard InChI is InChI=1S/C15H28N2O/c1-16(11-14-9-6-10-17(14)2)12-15(18)13-7-4-3-5-8-13/h13-14H,3-12H2,1-2H3. The molecule has 0 bridgehead atoms. The van der Waals surface area contributed by atoms with Crippen molar-refractivity contribution in [3.05, 3.63) is 0 Å². The molecule has 0 amide bonds. The molecule has 1 atom stereocenters. The minimum absolute atomic E-state index is 0.363. The van der Waals surface area contributed by atoms with Crippen LogP contribution in [0.2, 0.25) is 0 Å². The molecular weight excluding hydrogens is 224 g/mol. The Morgan fingerprint density at radius 3 is 2.50 bits per heavy atom. The van der Waals surface area contributed by atoms with Crippen LogP contribution in [0.4, 0.5) is 0 Å². The molecule has 0 aromatic heterocycles. The third-order valence-corrected chi connectivity index (χ3v) is 4.68. The van der Waals surface area contributed by atoms with E-state index in [0.29, 0.717) is 24.3 Å². The Morgan fingerprint density at radius 2 is 1.89 bits per heavy atom. The minimum Gasteiger partial charge on any atom is -0.302 e. The van der Waals surface area contributed by atoms with E-state index in [1.54, 1.807) is 0 Å². The Bertz CT molecular complexity index is 274. The first-order valence-corrected chi connectivity index (χ1v) is 7.58. The number of hydrogen-bond donors (Lipinski definition) is 0. The van der Waals surface area contributed by atoms with Crippen molar-refractivity contribution >= 4 is 5.78 Å². The summed E-state index contributed by atoms with van der Waals surface area (Å²) >= 11 is 0. The van der Waals surface area contributed by atoms with Gasteiger partial charge in [-0.1, -0.05) is 19.3 Å². The second-order valence-electron chi connectivity index (χ2n) is 6.27. The lowest BCUT2D eigenvalue weighted by molar-refractivity contribution is -0.124. The first-order valence-electron chi connectivity index (χ1n) is 7.58. The lowest BCUT2D eigenvalue weighted by Gasteiger charge is -2.27. The largest absolute Gasteiger partial charge is 0.302 e. The van der Waals surface area contributed by atoms with Crippen molar-refractivity contribution in [1.29, 1.82) is 0 Å². The fourth-order valence-electron chi connectivity index (χ4n) is 3.45. The molecule has 1 aliphatic heterocycles. The molecular formula is C15H28N2O. The van der Waals surface area contributed by atoms with Gasteiger partial charge in [0.15, 0.2) is 0 Å². The van der Waals surface area contributed by atoms with Crippen molar-refractivity contribution in [2.75, 3.05) is 33.7 Å². The zero-order chi connectivity index (χ0) is 13.0. The summed E-state index contributed by atoms with van der Waals surface area (Å²) in [7, 11) is 4.31. The summed E-state index contributed by atoms with van der Waals surface area (Å²) in [5, 5.41) is 0. The second kappa shape index (κ2) is 6.67. The van der Waals surface area contributed by atoms with E-state index in [1.165, 1.54) is 38.6 Å². The highest BCUT2D eigenvalue weighted by atomic mass is 16.1. The molecule has 2 aliphatic rings. The topological polar surface area (TPSA) is 23.6 Å². The first-order chi connectivity index (χ1) is 8.66. The van der Waals surface area contributed by atoms with Crippen LogP contribution in [-0.4, -0.2) is 55.4 Å². The van der Waals surface area contributed by atoms with Crippen molar-refractivity contribution in [2.24, 2.45) is 5.92 Å². The highest BCUT2D eigenvalue weighted by molar-refractivity contribution is 5.83. The minimum atomic E-state index is 0.363. The smallest absolute Gasteiger partial charge is 0.149 e. The zero-order valence-electron chi connectivity index (χ0n) is 12.0. The number of likely N-dealkylation sites (N-methyl/N-ethyl adjacent to an activating group) is 2. The van der Waals surface area contributed by atoms with Gasteiger partial charge in [-0.2, -0.15) is 0 Å². The number of Topliss-reactive ketones (excluding diaryl/α,β-unsaturated/α-hetero) is 1. The van der Waals surface area contributed by atoms with Crippen LogP contribution in [-0.2, 0) is 4.79 Å². The molecule has 0 aromatic carbocycles. The summed E-state index contributed by atoms with van der Waals surface area (Å²) in [6, 6.07) is 0.661. The van der Waals surface area contributed by atoms with Gasteiger partial charge in [-0.25, -0.2) is 0 Å². The molecule has 0 N–H and O–H groups in total. The molecule has 3 nitrogen and oxygen atoms in total.